The van der Waals surface area contributed by atoms with E-state index in [-0.39, 0.29) is 6.10 Å². The number of hydrogen-bond acceptors (Lipinski definition) is 2. The fourth-order valence-electron chi connectivity index (χ4n) is 0.866. The van der Waals surface area contributed by atoms with Crippen LogP contribution in [0, 0.1) is 5.92 Å². The van der Waals surface area contributed by atoms with Crippen LogP contribution in [0.3, 0.4) is 0 Å². The molecular formula is C8H18OS. The zero-order valence-corrected chi connectivity index (χ0v) is 7.95. The van der Waals surface area contributed by atoms with Crippen LogP contribution in [0.5, 0.6) is 0 Å². The maximum absolute atomic E-state index is 9.33. The third kappa shape index (κ3) is 6.43. The van der Waals surface area contributed by atoms with Crippen LogP contribution in [0.2, 0.25) is 0 Å². The van der Waals surface area contributed by atoms with Gasteiger partial charge >= 0.3 is 0 Å². The van der Waals surface area contributed by atoms with Gasteiger partial charge in [0.05, 0.1) is 6.10 Å². The number of hydrogen-bond donors (Lipinski definition) is 1. The summed E-state index contributed by atoms with van der Waals surface area (Å²) < 4.78 is 0. The standard InChI is InChI=1S/C8H18OS/c1-4-10-6-8(9)5-7(2)3/h7-9H,4-6H2,1-3H3. The van der Waals surface area contributed by atoms with E-state index in [9.17, 15) is 5.11 Å². The zero-order chi connectivity index (χ0) is 7.98. The first-order valence-electron chi connectivity index (χ1n) is 3.92. The molecule has 0 heterocycles. The van der Waals surface area contributed by atoms with Gasteiger partial charge in [0.1, 0.15) is 0 Å². The summed E-state index contributed by atoms with van der Waals surface area (Å²) in [5.41, 5.74) is 0. The lowest BCUT2D eigenvalue weighted by Crippen LogP contribution is -2.12. The molecule has 0 fully saturated rings. The van der Waals surface area contributed by atoms with E-state index in [1.807, 2.05) is 11.8 Å². The van der Waals surface area contributed by atoms with Crippen molar-refractivity contribution in [2.24, 2.45) is 5.92 Å². The van der Waals surface area contributed by atoms with Crippen LogP contribution in [0.1, 0.15) is 27.2 Å². The summed E-state index contributed by atoms with van der Waals surface area (Å²) in [6.07, 6.45) is 0.845. The summed E-state index contributed by atoms with van der Waals surface area (Å²) in [4.78, 5) is 0. The lowest BCUT2D eigenvalue weighted by molar-refractivity contribution is 0.172. The van der Waals surface area contributed by atoms with Crippen LogP contribution in [-0.2, 0) is 0 Å². The summed E-state index contributed by atoms with van der Waals surface area (Å²) in [5, 5.41) is 9.33. The van der Waals surface area contributed by atoms with E-state index in [1.54, 1.807) is 0 Å². The summed E-state index contributed by atoms with van der Waals surface area (Å²) in [6.45, 7) is 6.40. The van der Waals surface area contributed by atoms with Gasteiger partial charge in [-0.1, -0.05) is 20.8 Å². The molecule has 10 heavy (non-hydrogen) atoms. The van der Waals surface area contributed by atoms with Crippen LogP contribution < -0.4 is 0 Å². The molecule has 62 valence electrons. The first-order valence-corrected chi connectivity index (χ1v) is 5.08. The highest BCUT2D eigenvalue weighted by Gasteiger charge is 2.05. The molecule has 0 aliphatic heterocycles. The summed E-state index contributed by atoms with van der Waals surface area (Å²) in [5.74, 6) is 2.62. The molecule has 0 saturated carbocycles. The van der Waals surface area contributed by atoms with E-state index < -0.39 is 0 Å². The molecule has 0 spiro atoms. The van der Waals surface area contributed by atoms with Crippen LogP contribution in [0.15, 0.2) is 0 Å². The minimum absolute atomic E-state index is 0.0926. The van der Waals surface area contributed by atoms with Crippen molar-refractivity contribution in [1.82, 2.24) is 0 Å². The van der Waals surface area contributed by atoms with E-state index in [2.05, 4.69) is 20.8 Å². The van der Waals surface area contributed by atoms with E-state index >= 15 is 0 Å². The number of aliphatic hydroxyl groups is 1. The van der Waals surface area contributed by atoms with Crippen LogP contribution in [0.25, 0.3) is 0 Å². The number of thioether (sulfide) groups is 1. The minimum Gasteiger partial charge on any atom is -0.392 e. The monoisotopic (exact) mass is 162 g/mol. The first-order chi connectivity index (χ1) is 4.66. The summed E-state index contributed by atoms with van der Waals surface area (Å²) in [7, 11) is 0. The van der Waals surface area contributed by atoms with Crippen molar-refractivity contribution in [2.75, 3.05) is 11.5 Å². The Labute approximate surface area is 68.2 Å². The molecule has 0 radical (unpaired) electrons. The molecule has 0 amide bonds. The number of rotatable bonds is 5. The van der Waals surface area contributed by atoms with Gasteiger partial charge in [-0.2, -0.15) is 11.8 Å². The normalized spacial score (nSPS) is 14.1. The predicted octanol–water partition coefficient (Wildman–Crippen LogP) is 2.15. The van der Waals surface area contributed by atoms with Crippen molar-refractivity contribution >= 4 is 11.8 Å². The van der Waals surface area contributed by atoms with Gasteiger partial charge in [0.15, 0.2) is 0 Å². The molecular weight excluding hydrogens is 144 g/mol. The van der Waals surface area contributed by atoms with E-state index in [1.165, 1.54) is 0 Å². The third-order valence-electron chi connectivity index (χ3n) is 1.26. The maximum Gasteiger partial charge on any atom is 0.0633 e. The van der Waals surface area contributed by atoms with Crippen LogP contribution >= 0.6 is 11.8 Å². The average molecular weight is 162 g/mol. The Morgan fingerprint density at radius 1 is 1.40 bits per heavy atom. The Balaban J connectivity index is 3.16. The second-order valence-corrected chi connectivity index (χ2v) is 4.26. The Hall–Kier alpha value is 0.310. The Kier molecular flexibility index (Phi) is 6.24. The van der Waals surface area contributed by atoms with E-state index in [4.69, 9.17) is 0 Å². The van der Waals surface area contributed by atoms with Gasteiger partial charge in [0, 0.05) is 5.75 Å². The molecule has 0 bridgehead atoms. The van der Waals surface area contributed by atoms with Gasteiger partial charge in [-0.3, -0.25) is 0 Å². The highest BCUT2D eigenvalue weighted by molar-refractivity contribution is 7.99. The lowest BCUT2D eigenvalue weighted by Gasteiger charge is -2.11. The maximum atomic E-state index is 9.33. The van der Waals surface area contributed by atoms with E-state index in [0.29, 0.717) is 5.92 Å². The van der Waals surface area contributed by atoms with Gasteiger partial charge in [-0.25, -0.2) is 0 Å². The average Bonchev–Trinajstić information content (AvgIpc) is 1.82. The van der Waals surface area contributed by atoms with Crippen molar-refractivity contribution in [3.8, 4) is 0 Å². The highest BCUT2D eigenvalue weighted by Crippen LogP contribution is 2.09. The van der Waals surface area contributed by atoms with Crippen molar-refractivity contribution in [3.63, 3.8) is 0 Å². The molecule has 1 nitrogen and oxygen atoms in total. The van der Waals surface area contributed by atoms with Gasteiger partial charge in [0.25, 0.3) is 0 Å². The van der Waals surface area contributed by atoms with Crippen molar-refractivity contribution in [1.29, 1.82) is 0 Å². The van der Waals surface area contributed by atoms with Crippen molar-refractivity contribution < 1.29 is 5.11 Å². The molecule has 0 aromatic heterocycles. The van der Waals surface area contributed by atoms with Gasteiger partial charge in [-0.15, -0.1) is 0 Å². The fraction of sp³-hybridized carbons (Fsp3) is 1.00. The molecule has 1 unspecified atom stereocenters. The third-order valence-corrected chi connectivity index (χ3v) is 2.29. The van der Waals surface area contributed by atoms with Crippen molar-refractivity contribution in [2.45, 2.75) is 33.3 Å². The summed E-state index contributed by atoms with van der Waals surface area (Å²) in [6, 6.07) is 0. The van der Waals surface area contributed by atoms with Crippen LogP contribution in [-0.4, -0.2) is 22.7 Å². The molecule has 0 aromatic carbocycles. The first kappa shape index (κ1) is 10.3. The van der Waals surface area contributed by atoms with Gasteiger partial charge < -0.3 is 5.11 Å². The zero-order valence-electron chi connectivity index (χ0n) is 7.13. The molecule has 2 heteroatoms. The predicted molar refractivity (Wildman–Crippen MR) is 48.5 cm³/mol. The van der Waals surface area contributed by atoms with E-state index in [0.717, 1.165) is 17.9 Å². The highest BCUT2D eigenvalue weighted by atomic mass is 32.2. The Morgan fingerprint density at radius 3 is 2.40 bits per heavy atom. The second kappa shape index (κ2) is 6.05. The molecule has 0 rings (SSSR count). The van der Waals surface area contributed by atoms with Crippen LogP contribution in [0.4, 0.5) is 0 Å². The molecule has 0 saturated heterocycles. The minimum atomic E-state index is -0.0926. The Bertz CT molecular complexity index is 73.7. The molecule has 1 N–H and O–H groups in total. The topological polar surface area (TPSA) is 20.2 Å². The lowest BCUT2D eigenvalue weighted by atomic mass is 10.1. The smallest absolute Gasteiger partial charge is 0.0633 e. The van der Waals surface area contributed by atoms with Crippen molar-refractivity contribution in [3.05, 3.63) is 0 Å². The molecule has 1 atom stereocenters. The quantitative estimate of drug-likeness (QED) is 0.668. The summed E-state index contributed by atoms with van der Waals surface area (Å²) >= 11 is 1.81. The largest absolute Gasteiger partial charge is 0.392 e. The molecule has 0 aromatic rings. The van der Waals surface area contributed by atoms with Gasteiger partial charge in [-0.05, 0) is 18.1 Å². The molecule has 0 aliphatic carbocycles. The Morgan fingerprint density at radius 2 is 2.00 bits per heavy atom. The molecule has 0 aliphatic rings. The number of aliphatic hydroxyl groups excluding tert-OH is 1. The SMILES string of the molecule is CCSCC(O)CC(C)C. The fourth-order valence-corrected chi connectivity index (χ4v) is 1.51. The second-order valence-electron chi connectivity index (χ2n) is 2.94. The van der Waals surface area contributed by atoms with Gasteiger partial charge in [0.2, 0.25) is 0 Å².